The van der Waals surface area contributed by atoms with Crippen molar-refractivity contribution in [2.24, 2.45) is 5.92 Å². The third kappa shape index (κ3) is 5.24. The molecule has 2 amide bonds. The van der Waals surface area contributed by atoms with Gasteiger partial charge >= 0.3 is 0 Å². The molecular weight excluding hydrogens is 396 g/mol. The van der Waals surface area contributed by atoms with E-state index in [1.165, 1.54) is 16.2 Å². The molecule has 1 heterocycles. The van der Waals surface area contributed by atoms with Crippen molar-refractivity contribution in [3.63, 3.8) is 0 Å². The molecule has 1 aromatic heterocycles. The zero-order valence-electron chi connectivity index (χ0n) is 11.0. The zero-order chi connectivity index (χ0) is 14.6. The van der Waals surface area contributed by atoms with E-state index >= 15 is 0 Å². The number of carbonyl (C=O) groups is 2. The second-order valence-corrected chi connectivity index (χ2v) is 8.35. The molecule has 7 heteroatoms. The van der Waals surface area contributed by atoms with E-state index < -0.39 is 0 Å². The van der Waals surface area contributed by atoms with Gasteiger partial charge in [-0.1, -0.05) is 13.8 Å². The lowest BCUT2D eigenvalue weighted by Crippen LogP contribution is -2.39. The van der Waals surface area contributed by atoms with E-state index in [9.17, 15) is 9.59 Å². The Morgan fingerprint density at radius 1 is 1.42 bits per heavy atom. The fraction of sp³-hybridized carbons (Fsp3) is 0.500. The van der Waals surface area contributed by atoms with Crippen LogP contribution in [0.5, 0.6) is 0 Å². The lowest BCUT2D eigenvalue weighted by Gasteiger charge is -2.17. The average Bonchev–Trinajstić information content (AvgIpc) is 2.64. The Bertz CT molecular complexity index is 474. The molecule has 19 heavy (non-hydrogen) atoms. The maximum absolute atomic E-state index is 12.2. The van der Waals surface area contributed by atoms with Gasteiger partial charge in [-0.25, -0.2) is 0 Å². The quantitative estimate of drug-likeness (QED) is 0.809. The molecular formula is C12H16Br2N2O2S. The summed E-state index contributed by atoms with van der Waals surface area (Å²) >= 11 is 8.11. The maximum Gasteiger partial charge on any atom is 0.256 e. The molecule has 0 saturated heterocycles. The predicted molar refractivity (Wildman–Crippen MR) is 84.5 cm³/mol. The highest BCUT2D eigenvalue weighted by molar-refractivity contribution is 9.12. The highest BCUT2D eigenvalue weighted by Crippen LogP contribution is 2.32. The lowest BCUT2D eigenvalue weighted by molar-refractivity contribution is -0.121. The maximum atomic E-state index is 12.2. The van der Waals surface area contributed by atoms with Gasteiger partial charge in [0.1, 0.15) is 0 Å². The molecule has 0 aliphatic rings. The van der Waals surface area contributed by atoms with Gasteiger partial charge in [-0.3, -0.25) is 9.59 Å². The van der Waals surface area contributed by atoms with Gasteiger partial charge in [0, 0.05) is 13.6 Å². The number of hydrogen-bond acceptors (Lipinski definition) is 3. The minimum absolute atomic E-state index is 0.0610. The van der Waals surface area contributed by atoms with Gasteiger partial charge in [0.15, 0.2) is 0 Å². The molecule has 0 unspecified atom stereocenters. The molecule has 4 nitrogen and oxygen atoms in total. The molecule has 0 atom stereocenters. The molecule has 0 fully saturated rings. The third-order valence-electron chi connectivity index (χ3n) is 2.32. The van der Waals surface area contributed by atoms with Gasteiger partial charge in [-0.05, 0) is 43.8 Å². The molecule has 0 aliphatic carbocycles. The largest absolute Gasteiger partial charge is 0.354 e. The van der Waals surface area contributed by atoms with Gasteiger partial charge < -0.3 is 10.2 Å². The van der Waals surface area contributed by atoms with Gasteiger partial charge in [0.2, 0.25) is 5.91 Å². The van der Waals surface area contributed by atoms with Crippen LogP contribution in [0.1, 0.15) is 24.2 Å². The average molecular weight is 412 g/mol. The summed E-state index contributed by atoms with van der Waals surface area (Å²) in [5.41, 5.74) is 0.566. The fourth-order valence-electron chi connectivity index (χ4n) is 1.35. The number of halogens is 2. The zero-order valence-corrected chi connectivity index (χ0v) is 15.0. The van der Waals surface area contributed by atoms with E-state index in [0.29, 0.717) is 18.0 Å². The van der Waals surface area contributed by atoms with Crippen LogP contribution in [0.3, 0.4) is 0 Å². The van der Waals surface area contributed by atoms with E-state index in [1.54, 1.807) is 13.1 Å². The van der Waals surface area contributed by atoms with Crippen LogP contribution in [0.15, 0.2) is 13.6 Å². The molecule has 1 aromatic rings. The molecule has 0 radical (unpaired) electrons. The Hall–Kier alpha value is -0.400. The van der Waals surface area contributed by atoms with Crippen LogP contribution in [0.25, 0.3) is 0 Å². The Labute approximate surface area is 133 Å². The fourth-order valence-corrected chi connectivity index (χ4v) is 4.13. The Morgan fingerprint density at radius 2 is 2.05 bits per heavy atom. The smallest absolute Gasteiger partial charge is 0.256 e. The molecule has 106 valence electrons. The molecule has 1 N–H and O–H groups in total. The summed E-state index contributed by atoms with van der Waals surface area (Å²) in [5.74, 6) is 0.0791. The van der Waals surface area contributed by atoms with Gasteiger partial charge in [0.25, 0.3) is 5.91 Å². The molecule has 0 bridgehead atoms. The Morgan fingerprint density at radius 3 is 2.53 bits per heavy atom. The first-order valence-corrected chi connectivity index (χ1v) is 8.18. The van der Waals surface area contributed by atoms with E-state index in [4.69, 9.17) is 0 Å². The Balaban J connectivity index is 2.58. The number of nitrogens with one attached hydrogen (secondary N) is 1. The normalized spacial score (nSPS) is 10.6. The van der Waals surface area contributed by atoms with E-state index in [2.05, 4.69) is 37.2 Å². The Kier molecular flexibility index (Phi) is 6.49. The third-order valence-corrected chi connectivity index (χ3v) is 4.66. The molecule has 0 aromatic carbocycles. The molecule has 0 spiro atoms. The number of rotatable bonds is 5. The number of hydrogen-bond donors (Lipinski definition) is 1. The summed E-state index contributed by atoms with van der Waals surface area (Å²) in [6.07, 6.45) is 0. The first-order valence-electron chi connectivity index (χ1n) is 5.78. The molecule has 0 aliphatic heterocycles. The van der Waals surface area contributed by atoms with Crippen LogP contribution in [-0.2, 0) is 4.79 Å². The number of carbonyl (C=O) groups excluding carboxylic acids is 2. The summed E-state index contributed by atoms with van der Waals surface area (Å²) < 4.78 is 1.64. The SMILES string of the molecule is CC(C)CNC(=O)CN(C)C(=O)c1cc(Br)sc1Br. The monoisotopic (exact) mass is 410 g/mol. The highest BCUT2D eigenvalue weighted by atomic mass is 79.9. The van der Waals surface area contributed by atoms with Gasteiger partial charge in [0.05, 0.1) is 19.7 Å². The van der Waals surface area contributed by atoms with E-state index in [1.807, 2.05) is 13.8 Å². The van der Waals surface area contributed by atoms with Crippen LogP contribution in [0.4, 0.5) is 0 Å². The van der Waals surface area contributed by atoms with Gasteiger partial charge in [-0.15, -0.1) is 11.3 Å². The van der Waals surface area contributed by atoms with E-state index in [0.717, 1.165) is 7.57 Å². The summed E-state index contributed by atoms with van der Waals surface area (Å²) in [5, 5.41) is 2.79. The standard InChI is InChI=1S/C12H16Br2N2O2S/c1-7(2)5-15-10(17)6-16(3)12(18)8-4-9(13)19-11(8)14/h4,7H,5-6H2,1-3H3,(H,15,17). The highest BCUT2D eigenvalue weighted by Gasteiger charge is 2.19. The number of likely N-dealkylation sites (N-methyl/N-ethyl adjacent to an activating group) is 1. The van der Waals surface area contributed by atoms with Crippen molar-refractivity contribution < 1.29 is 9.59 Å². The van der Waals surface area contributed by atoms with Crippen molar-refractivity contribution in [2.45, 2.75) is 13.8 Å². The van der Waals surface area contributed by atoms with E-state index in [-0.39, 0.29) is 18.4 Å². The summed E-state index contributed by atoms with van der Waals surface area (Å²) in [6.45, 7) is 4.73. The van der Waals surface area contributed by atoms with Crippen molar-refractivity contribution in [1.29, 1.82) is 0 Å². The van der Waals surface area contributed by atoms with Crippen LogP contribution >= 0.6 is 43.2 Å². The lowest BCUT2D eigenvalue weighted by atomic mass is 10.2. The predicted octanol–water partition coefficient (Wildman–Crippen LogP) is 3.12. The molecule has 0 saturated carbocycles. The first-order chi connectivity index (χ1) is 8.81. The summed E-state index contributed by atoms with van der Waals surface area (Å²) in [6, 6.07) is 1.75. The van der Waals surface area contributed by atoms with Crippen LogP contribution in [0.2, 0.25) is 0 Å². The molecule has 1 rings (SSSR count). The van der Waals surface area contributed by atoms with Crippen molar-refractivity contribution in [3.8, 4) is 0 Å². The second kappa shape index (κ2) is 7.40. The first kappa shape index (κ1) is 16.7. The number of amides is 2. The minimum atomic E-state index is -0.173. The van der Waals surface area contributed by atoms with Crippen LogP contribution in [-0.4, -0.2) is 36.9 Å². The van der Waals surface area contributed by atoms with Crippen molar-refractivity contribution in [3.05, 3.63) is 19.2 Å². The second-order valence-electron chi connectivity index (χ2n) is 4.60. The van der Waals surface area contributed by atoms with Crippen molar-refractivity contribution in [2.75, 3.05) is 20.1 Å². The summed E-state index contributed by atoms with van der Waals surface area (Å²) in [7, 11) is 1.62. The number of thiophene rings is 1. The van der Waals surface area contributed by atoms with Crippen LogP contribution < -0.4 is 5.32 Å². The minimum Gasteiger partial charge on any atom is -0.354 e. The van der Waals surface area contributed by atoms with Crippen LogP contribution in [0, 0.1) is 5.92 Å². The summed E-state index contributed by atoms with van der Waals surface area (Å²) in [4.78, 5) is 25.2. The van der Waals surface area contributed by atoms with Gasteiger partial charge in [-0.2, -0.15) is 0 Å². The van der Waals surface area contributed by atoms with Crippen molar-refractivity contribution in [1.82, 2.24) is 10.2 Å². The number of nitrogens with zero attached hydrogens (tertiary/aromatic N) is 1. The van der Waals surface area contributed by atoms with Crippen molar-refractivity contribution >= 4 is 55.0 Å². The topological polar surface area (TPSA) is 49.4 Å².